The molecule has 9 rings (SSSR count). The van der Waals surface area contributed by atoms with Crippen molar-refractivity contribution in [2.75, 3.05) is 0 Å². The first-order valence-electron chi connectivity index (χ1n) is 15.6. The number of fused-ring (bicyclic) bond motifs is 4. The van der Waals surface area contributed by atoms with Gasteiger partial charge in [0.25, 0.3) is 0 Å². The van der Waals surface area contributed by atoms with Crippen LogP contribution in [0.5, 0.6) is 0 Å². The number of hydrogen-bond donors (Lipinski definition) is 0. The van der Waals surface area contributed by atoms with Crippen LogP contribution in [0.2, 0.25) is 0 Å². The molecule has 2 aromatic heterocycles. The summed E-state index contributed by atoms with van der Waals surface area (Å²) in [7, 11) is 0. The van der Waals surface area contributed by atoms with Gasteiger partial charge in [0.1, 0.15) is 0 Å². The van der Waals surface area contributed by atoms with E-state index >= 15 is 0 Å². The van der Waals surface area contributed by atoms with Crippen LogP contribution in [0.1, 0.15) is 30.7 Å². The smallest absolute Gasteiger partial charge is 0.0708 e. The highest BCUT2D eigenvalue weighted by atomic mass is 14.7. The van der Waals surface area contributed by atoms with Gasteiger partial charge in [-0.1, -0.05) is 103 Å². The van der Waals surface area contributed by atoms with E-state index in [-0.39, 0.29) is 0 Å². The highest BCUT2D eigenvalue weighted by Crippen LogP contribution is 2.55. The van der Waals surface area contributed by atoms with Gasteiger partial charge in [-0.2, -0.15) is 0 Å². The van der Waals surface area contributed by atoms with Gasteiger partial charge in [0.15, 0.2) is 0 Å². The van der Waals surface area contributed by atoms with Crippen molar-refractivity contribution in [2.45, 2.75) is 25.2 Å². The number of allylic oxidation sites excluding steroid dienone is 4. The van der Waals surface area contributed by atoms with Crippen LogP contribution in [0.3, 0.4) is 0 Å². The van der Waals surface area contributed by atoms with Crippen molar-refractivity contribution in [3.8, 4) is 55.9 Å². The maximum atomic E-state index is 4.83. The molecule has 2 nitrogen and oxygen atoms in total. The molecule has 0 amide bonds. The van der Waals surface area contributed by atoms with E-state index in [0.29, 0.717) is 5.92 Å². The standard InChI is InChI=1S/C42H30N2/c1-3-13-27(14-4-1)37-29-17-7-8-18-30(29)38(28-15-5-2-6-16-28)42-34-24-22-32(36-20-10-12-26-44-36)39-31(35-19-9-11-25-43-35)21-23-33(40(34)39)41(37)42/h1-6,9-15,17-26,28H,7-8,16H2. The molecule has 0 saturated carbocycles. The van der Waals surface area contributed by atoms with Crippen LogP contribution in [-0.4, -0.2) is 9.97 Å². The highest BCUT2D eigenvalue weighted by molar-refractivity contribution is 6.24. The molecule has 1 atom stereocenters. The summed E-state index contributed by atoms with van der Waals surface area (Å²) < 4.78 is 0. The zero-order valence-corrected chi connectivity index (χ0v) is 24.4. The van der Waals surface area contributed by atoms with E-state index in [1.807, 2.05) is 24.5 Å². The lowest BCUT2D eigenvalue weighted by Crippen LogP contribution is -2.35. The van der Waals surface area contributed by atoms with Gasteiger partial charge in [-0.3, -0.25) is 9.97 Å². The second kappa shape index (κ2) is 10.1. The molecular weight excluding hydrogens is 532 g/mol. The molecule has 0 radical (unpaired) electrons. The predicted molar refractivity (Wildman–Crippen MR) is 183 cm³/mol. The third-order valence-electron chi connectivity index (χ3n) is 9.48. The van der Waals surface area contributed by atoms with E-state index in [1.54, 1.807) is 0 Å². The monoisotopic (exact) mass is 562 g/mol. The largest absolute Gasteiger partial charge is 0.256 e. The van der Waals surface area contributed by atoms with Gasteiger partial charge in [0.05, 0.1) is 11.4 Å². The first kappa shape index (κ1) is 25.2. The molecule has 208 valence electrons. The summed E-state index contributed by atoms with van der Waals surface area (Å²) in [5.41, 5.74) is 13.7. The summed E-state index contributed by atoms with van der Waals surface area (Å²) in [6.45, 7) is 0. The minimum absolute atomic E-state index is 0.324. The Kier molecular flexibility index (Phi) is 5.80. The number of nitrogens with zero attached hydrogens (tertiary/aromatic N) is 2. The Bertz CT molecular complexity index is 2230. The number of aromatic nitrogens is 2. The number of hydrogen-bond acceptors (Lipinski definition) is 2. The molecule has 2 heteroatoms. The van der Waals surface area contributed by atoms with Crippen molar-refractivity contribution in [3.63, 3.8) is 0 Å². The molecule has 0 saturated heterocycles. The molecule has 0 bridgehead atoms. The van der Waals surface area contributed by atoms with E-state index in [4.69, 9.17) is 9.97 Å². The maximum Gasteiger partial charge on any atom is 0.0708 e. The molecule has 4 aromatic carbocycles. The Hall–Kier alpha value is -5.34. The topological polar surface area (TPSA) is 25.8 Å². The summed E-state index contributed by atoms with van der Waals surface area (Å²) in [4.78, 5) is 9.67. The molecule has 0 N–H and O–H groups in total. The average molecular weight is 563 g/mol. The van der Waals surface area contributed by atoms with Gasteiger partial charge in [-0.25, -0.2) is 0 Å². The molecule has 3 aliphatic carbocycles. The van der Waals surface area contributed by atoms with E-state index in [2.05, 4.69) is 115 Å². The molecule has 1 unspecified atom stereocenters. The van der Waals surface area contributed by atoms with Gasteiger partial charge in [0.2, 0.25) is 0 Å². The van der Waals surface area contributed by atoms with Gasteiger partial charge in [-0.15, -0.1) is 0 Å². The van der Waals surface area contributed by atoms with Gasteiger partial charge < -0.3 is 0 Å². The van der Waals surface area contributed by atoms with E-state index in [9.17, 15) is 0 Å². The lowest BCUT2D eigenvalue weighted by molar-refractivity contribution is 0.846. The first-order chi connectivity index (χ1) is 21.9. The molecule has 0 aliphatic heterocycles. The fraction of sp³-hybridized carbons (Fsp3) is 0.0952. The van der Waals surface area contributed by atoms with E-state index < -0.39 is 0 Å². The van der Waals surface area contributed by atoms with Crippen molar-refractivity contribution in [1.82, 2.24) is 9.97 Å². The number of rotatable bonds is 4. The molecule has 3 aliphatic rings. The lowest BCUT2D eigenvalue weighted by Gasteiger charge is -2.24. The molecule has 6 aromatic rings. The fourth-order valence-corrected chi connectivity index (χ4v) is 7.71. The van der Waals surface area contributed by atoms with Crippen molar-refractivity contribution < 1.29 is 0 Å². The summed E-state index contributed by atoms with van der Waals surface area (Å²) in [6.07, 6.45) is 21.1. The molecule has 0 fully saturated rings. The summed E-state index contributed by atoms with van der Waals surface area (Å²) >= 11 is 0. The summed E-state index contributed by atoms with van der Waals surface area (Å²) in [5, 5.41) is 5.34. The lowest BCUT2D eigenvalue weighted by atomic mass is 9.79. The maximum absolute atomic E-state index is 4.83. The Balaban J connectivity index is 1.49. The van der Waals surface area contributed by atoms with Crippen LogP contribution in [0.15, 0.2) is 128 Å². The van der Waals surface area contributed by atoms with Crippen molar-refractivity contribution >= 4 is 22.9 Å². The van der Waals surface area contributed by atoms with Gasteiger partial charge in [0, 0.05) is 34.8 Å². The Labute approximate surface area is 257 Å². The Morgan fingerprint density at radius 3 is 1.77 bits per heavy atom. The fourth-order valence-electron chi connectivity index (χ4n) is 7.71. The van der Waals surface area contributed by atoms with E-state index in [0.717, 1.165) is 41.8 Å². The second-order valence-electron chi connectivity index (χ2n) is 11.9. The number of pyridine rings is 2. The zero-order valence-electron chi connectivity index (χ0n) is 24.4. The zero-order chi connectivity index (χ0) is 29.0. The van der Waals surface area contributed by atoms with E-state index in [1.165, 1.54) is 60.2 Å². The Morgan fingerprint density at radius 2 is 1.14 bits per heavy atom. The van der Waals surface area contributed by atoms with Crippen LogP contribution in [0, 0.1) is 0 Å². The van der Waals surface area contributed by atoms with Crippen molar-refractivity contribution in [1.29, 1.82) is 0 Å². The Morgan fingerprint density at radius 1 is 0.523 bits per heavy atom. The predicted octanol–water partition coefficient (Wildman–Crippen LogP) is 9.23. The minimum Gasteiger partial charge on any atom is -0.256 e. The van der Waals surface area contributed by atoms with Gasteiger partial charge in [-0.05, 0) is 98.3 Å². The SMILES string of the molecule is C1=CCC(c2c3c(c(-c4ccccc4)c4c2=CCCC=4)-c2ccc(-c4ccccn4)c4c(-c5ccccn5)ccc-3c24)C=C1. The quantitative estimate of drug-likeness (QED) is 0.214. The van der Waals surface area contributed by atoms with Crippen LogP contribution in [0.4, 0.5) is 0 Å². The molecule has 44 heavy (non-hydrogen) atoms. The highest BCUT2D eigenvalue weighted by Gasteiger charge is 2.33. The van der Waals surface area contributed by atoms with Crippen LogP contribution in [-0.2, 0) is 0 Å². The van der Waals surface area contributed by atoms with Gasteiger partial charge >= 0.3 is 0 Å². The third kappa shape index (κ3) is 3.74. The number of benzene rings is 4. The van der Waals surface area contributed by atoms with Crippen LogP contribution in [0.25, 0.3) is 78.8 Å². The average Bonchev–Trinajstić information content (AvgIpc) is 3.43. The minimum atomic E-state index is 0.324. The third-order valence-corrected chi connectivity index (χ3v) is 9.48. The van der Waals surface area contributed by atoms with Crippen LogP contribution < -0.4 is 10.4 Å². The first-order valence-corrected chi connectivity index (χ1v) is 15.6. The van der Waals surface area contributed by atoms with Crippen molar-refractivity contribution in [2.24, 2.45) is 0 Å². The van der Waals surface area contributed by atoms with Crippen LogP contribution >= 0.6 is 0 Å². The molecule has 0 spiro atoms. The summed E-state index contributed by atoms with van der Waals surface area (Å²) in [5.74, 6) is 0.324. The second-order valence-corrected chi connectivity index (χ2v) is 11.9. The summed E-state index contributed by atoms with van der Waals surface area (Å²) in [6, 6.07) is 32.7. The van der Waals surface area contributed by atoms with Crippen molar-refractivity contribution in [3.05, 3.63) is 144 Å². The normalized spacial score (nSPS) is 15.9. The molecular formula is C42H30N2. The molecule has 2 heterocycles.